The molecule has 8 nitrogen and oxygen atoms in total. The predicted octanol–water partition coefficient (Wildman–Crippen LogP) is 4.15. The second-order valence-electron chi connectivity index (χ2n) is 7.35. The molecule has 0 amide bonds. The van der Waals surface area contributed by atoms with Gasteiger partial charge < -0.3 is 20.3 Å². The maximum atomic E-state index is 12.6. The first kappa shape index (κ1) is 22.7. The first-order valence-electron chi connectivity index (χ1n) is 9.97. The van der Waals surface area contributed by atoms with E-state index in [0.29, 0.717) is 16.8 Å². The maximum Gasteiger partial charge on any atom is 0.263 e. The van der Waals surface area contributed by atoms with E-state index in [2.05, 4.69) is 25.2 Å². The van der Waals surface area contributed by atoms with Gasteiger partial charge in [-0.1, -0.05) is 11.6 Å². The minimum Gasteiger partial charge on any atom is -0.497 e. The van der Waals surface area contributed by atoms with Gasteiger partial charge in [-0.25, -0.2) is 13.4 Å². The van der Waals surface area contributed by atoms with Gasteiger partial charge in [0.25, 0.3) is 10.0 Å². The number of rotatable bonds is 8. The highest BCUT2D eigenvalue weighted by Crippen LogP contribution is 2.37. The SMILES string of the molecule is CNC1CCN(c2cc(OC)ccc2Nc2ccc(S(=O)(=O)Nc3cscn3)cc2Cl)C1. The van der Waals surface area contributed by atoms with Gasteiger partial charge in [0.2, 0.25) is 0 Å². The number of hydrogen-bond acceptors (Lipinski definition) is 8. The van der Waals surface area contributed by atoms with Crippen LogP contribution in [0.15, 0.2) is 52.2 Å². The van der Waals surface area contributed by atoms with Gasteiger partial charge in [-0.15, -0.1) is 11.3 Å². The molecular formula is C21H24ClN5O3S2. The Balaban J connectivity index is 1.59. The van der Waals surface area contributed by atoms with Crippen LogP contribution in [0.25, 0.3) is 0 Å². The number of nitrogens with one attached hydrogen (secondary N) is 3. The number of ether oxygens (including phenoxy) is 1. The number of halogens is 1. The van der Waals surface area contributed by atoms with E-state index in [1.165, 1.54) is 23.5 Å². The van der Waals surface area contributed by atoms with E-state index in [0.717, 1.165) is 36.6 Å². The quantitative estimate of drug-likeness (QED) is 0.434. The van der Waals surface area contributed by atoms with Crippen molar-refractivity contribution in [2.75, 3.05) is 42.2 Å². The summed E-state index contributed by atoms with van der Waals surface area (Å²) in [5.41, 5.74) is 4.03. The highest BCUT2D eigenvalue weighted by Gasteiger charge is 2.24. The summed E-state index contributed by atoms with van der Waals surface area (Å²) in [6.07, 6.45) is 1.05. The summed E-state index contributed by atoms with van der Waals surface area (Å²) >= 11 is 7.77. The van der Waals surface area contributed by atoms with Crippen molar-refractivity contribution in [3.63, 3.8) is 0 Å². The summed E-state index contributed by atoms with van der Waals surface area (Å²) in [5, 5.41) is 8.59. The van der Waals surface area contributed by atoms with Crippen LogP contribution in [0.2, 0.25) is 5.02 Å². The standard InChI is InChI=1S/C21H24ClN5O3S2/c1-23-14-7-8-27(11-14)20-9-15(30-2)3-5-19(20)25-18-6-4-16(10-17(18)22)32(28,29)26-21-12-31-13-24-21/h3-6,9-10,12-14,23,25-26H,7-8,11H2,1-2H3. The summed E-state index contributed by atoms with van der Waals surface area (Å²) in [7, 11) is -0.173. The summed E-state index contributed by atoms with van der Waals surface area (Å²) in [5.74, 6) is 1.04. The lowest BCUT2D eigenvalue weighted by atomic mass is 10.2. The molecule has 170 valence electrons. The molecule has 1 fully saturated rings. The van der Waals surface area contributed by atoms with E-state index in [-0.39, 0.29) is 10.7 Å². The Morgan fingerprint density at radius 2 is 2.03 bits per heavy atom. The molecule has 0 saturated carbocycles. The van der Waals surface area contributed by atoms with E-state index in [4.69, 9.17) is 16.3 Å². The van der Waals surface area contributed by atoms with Crippen LogP contribution < -0.4 is 25.0 Å². The Bertz CT molecular complexity index is 1190. The van der Waals surface area contributed by atoms with Crippen LogP contribution in [0.5, 0.6) is 5.75 Å². The van der Waals surface area contributed by atoms with Crippen molar-refractivity contribution < 1.29 is 13.2 Å². The maximum absolute atomic E-state index is 12.6. The number of nitrogens with zero attached hydrogens (tertiary/aromatic N) is 2. The molecule has 2 aromatic carbocycles. The highest BCUT2D eigenvalue weighted by molar-refractivity contribution is 7.92. The summed E-state index contributed by atoms with van der Waals surface area (Å²) in [4.78, 5) is 6.31. The van der Waals surface area contributed by atoms with E-state index in [9.17, 15) is 8.42 Å². The molecule has 0 radical (unpaired) electrons. The lowest BCUT2D eigenvalue weighted by molar-refractivity contribution is 0.415. The fourth-order valence-corrected chi connectivity index (χ4v) is 5.47. The largest absolute Gasteiger partial charge is 0.497 e. The molecule has 1 unspecified atom stereocenters. The molecule has 1 aliphatic heterocycles. The van der Waals surface area contributed by atoms with Gasteiger partial charge in [-0.2, -0.15) is 0 Å². The molecule has 0 spiro atoms. The van der Waals surface area contributed by atoms with Gasteiger partial charge >= 0.3 is 0 Å². The summed E-state index contributed by atoms with van der Waals surface area (Å²) < 4.78 is 33.1. The van der Waals surface area contributed by atoms with Crippen LogP contribution in [-0.2, 0) is 10.0 Å². The van der Waals surface area contributed by atoms with Gasteiger partial charge in [-0.05, 0) is 43.8 Å². The van der Waals surface area contributed by atoms with Gasteiger partial charge in [-0.3, -0.25) is 4.72 Å². The van der Waals surface area contributed by atoms with Crippen molar-refractivity contribution in [3.05, 3.63) is 52.3 Å². The third-order valence-electron chi connectivity index (χ3n) is 5.33. The van der Waals surface area contributed by atoms with Gasteiger partial charge in [0.05, 0.1) is 39.6 Å². The highest BCUT2D eigenvalue weighted by atomic mass is 35.5. The number of likely N-dealkylation sites (N-methyl/N-ethyl adjacent to an activating group) is 1. The van der Waals surface area contributed by atoms with Crippen molar-refractivity contribution in [2.24, 2.45) is 0 Å². The Morgan fingerprint density at radius 3 is 2.69 bits per heavy atom. The van der Waals surface area contributed by atoms with Gasteiger partial charge in [0.15, 0.2) is 5.82 Å². The second kappa shape index (κ2) is 9.53. The minimum absolute atomic E-state index is 0.0624. The van der Waals surface area contributed by atoms with E-state index in [1.807, 2.05) is 25.2 Å². The third kappa shape index (κ3) is 4.93. The molecule has 3 N–H and O–H groups in total. The van der Waals surface area contributed by atoms with Crippen LogP contribution in [0.4, 0.5) is 22.9 Å². The molecule has 3 aromatic rings. The summed E-state index contributed by atoms with van der Waals surface area (Å²) in [6, 6.07) is 10.8. The van der Waals surface area contributed by atoms with E-state index < -0.39 is 10.0 Å². The fourth-order valence-electron chi connectivity index (χ4n) is 3.59. The topological polar surface area (TPSA) is 95.6 Å². The first-order valence-corrected chi connectivity index (χ1v) is 12.8. The van der Waals surface area contributed by atoms with E-state index >= 15 is 0 Å². The fraction of sp³-hybridized carbons (Fsp3) is 0.286. The molecule has 0 aliphatic carbocycles. The molecule has 0 bridgehead atoms. The van der Waals surface area contributed by atoms with Gasteiger partial charge in [0.1, 0.15) is 5.75 Å². The zero-order valence-electron chi connectivity index (χ0n) is 17.6. The van der Waals surface area contributed by atoms with Crippen LogP contribution in [0.3, 0.4) is 0 Å². The molecular weight excluding hydrogens is 470 g/mol. The van der Waals surface area contributed by atoms with E-state index in [1.54, 1.807) is 24.1 Å². The zero-order chi connectivity index (χ0) is 22.7. The first-order chi connectivity index (χ1) is 15.4. The summed E-state index contributed by atoms with van der Waals surface area (Å²) in [6.45, 7) is 1.80. The Labute approximate surface area is 196 Å². The van der Waals surface area contributed by atoms with Crippen LogP contribution in [0, 0.1) is 0 Å². The molecule has 1 atom stereocenters. The molecule has 2 heterocycles. The van der Waals surface area contributed by atoms with Crippen molar-refractivity contribution in [1.29, 1.82) is 0 Å². The second-order valence-corrected chi connectivity index (χ2v) is 10.2. The molecule has 1 aromatic heterocycles. The minimum atomic E-state index is -3.78. The molecule has 11 heteroatoms. The number of sulfonamides is 1. The Morgan fingerprint density at radius 1 is 1.22 bits per heavy atom. The third-order valence-corrected chi connectivity index (χ3v) is 7.59. The average Bonchev–Trinajstić information content (AvgIpc) is 3.47. The predicted molar refractivity (Wildman–Crippen MR) is 130 cm³/mol. The monoisotopic (exact) mass is 493 g/mol. The Kier molecular flexibility index (Phi) is 6.75. The van der Waals surface area contributed by atoms with Crippen molar-refractivity contribution in [2.45, 2.75) is 17.4 Å². The molecule has 4 rings (SSSR count). The molecule has 1 aliphatic rings. The number of thiazole rings is 1. The van der Waals surface area contributed by atoms with Crippen LogP contribution in [-0.4, -0.2) is 46.7 Å². The average molecular weight is 494 g/mol. The Hall–Kier alpha value is -2.53. The van der Waals surface area contributed by atoms with Crippen LogP contribution in [0.1, 0.15) is 6.42 Å². The smallest absolute Gasteiger partial charge is 0.263 e. The van der Waals surface area contributed by atoms with Crippen molar-refractivity contribution >= 4 is 55.8 Å². The molecule has 1 saturated heterocycles. The lowest BCUT2D eigenvalue weighted by Gasteiger charge is -2.24. The lowest BCUT2D eigenvalue weighted by Crippen LogP contribution is -2.29. The molecule has 32 heavy (non-hydrogen) atoms. The number of anilines is 4. The van der Waals surface area contributed by atoms with Crippen LogP contribution >= 0.6 is 22.9 Å². The number of hydrogen-bond donors (Lipinski definition) is 3. The number of benzene rings is 2. The number of aromatic nitrogens is 1. The zero-order valence-corrected chi connectivity index (χ0v) is 20.0. The number of methoxy groups -OCH3 is 1. The van der Waals surface area contributed by atoms with Crippen molar-refractivity contribution in [3.8, 4) is 5.75 Å². The van der Waals surface area contributed by atoms with Gasteiger partial charge in [0, 0.05) is 30.6 Å². The normalized spacial score (nSPS) is 16.2. The van der Waals surface area contributed by atoms with Crippen molar-refractivity contribution in [1.82, 2.24) is 10.3 Å².